The molecule has 2 atom stereocenters. The Morgan fingerprint density at radius 3 is 2.29 bits per heavy atom. The molecule has 1 heterocycles. The normalized spacial score (nSPS) is 34.3. The first kappa shape index (κ1) is 13.9. The number of likely N-dealkylation sites (tertiary alicyclic amines) is 1. The Kier molecular flexibility index (Phi) is 6.38. The summed E-state index contributed by atoms with van der Waals surface area (Å²) in [7, 11) is 2.14. The number of aliphatic hydroxyl groups excluding tert-OH is 1. The topological polar surface area (TPSA) is 23.5 Å². The minimum atomic E-state index is 0.340. The van der Waals surface area contributed by atoms with E-state index >= 15 is 0 Å². The molecule has 2 fully saturated rings. The Labute approximate surface area is 89.3 Å². The Balaban J connectivity index is 0.000000379. The molecule has 0 aromatic carbocycles. The number of piperidine rings is 1. The number of nitrogens with zero attached hydrogens (tertiary/aromatic N) is 1. The predicted molar refractivity (Wildman–Crippen MR) is 62.4 cm³/mol. The van der Waals surface area contributed by atoms with Crippen LogP contribution in [0.3, 0.4) is 0 Å². The molecule has 0 radical (unpaired) electrons. The van der Waals surface area contributed by atoms with Crippen LogP contribution in [0.25, 0.3) is 0 Å². The van der Waals surface area contributed by atoms with Crippen LogP contribution in [-0.2, 0) is 0 Å². The second-order valence-electron chi connectivity index (χ2n) is 3.95. The van der Waals surface area contributed by atoms with Crippen LogP contribution in [0.2, 0.25) is 0 Å². The van der Waals surface area contributed by atoms with Gasteiger partial charge in [-0.05, 0) is 32.4 Å². The summed E-state index contributed by atoms with van der Waals surface area (Å²) >= 11 is 0. The first-order valence-corrected chi connectivity index (χ1v) is 6.06. The number of hydrogen-bond acceptors (Lipinski definition) is 2. The summed E-state index contributed by atoms with van der Waals surface area (Å²) in [5, 5.41) is 9.08. The van der Waals surface area contributed by atoms with Crippen molar-refractivity contribution in [3.05, 3.63) is 0 Å². The van der Waals surface area contributed by atoms with Crippen molar-refractivity contribution < 1.29 is 5.11 Å². The summed E-state index contributed by atoms with van der Waals surface area (Å²) in [6, 6.07) is 0. The molecule has 0 amide bonds. The number of hydrogen-bond donors (Lipinski definition) is 1. The highest BCUT2D eigenvalue weighted by Gasteiger charge is 2.55. The fourth-order valence-corrected chi connectivity index (χ4v) is 2.27. The predicted octanol–water partition coefficient (Wildman–Crippen LogP) is 2.37. The van der Waals surface area contributed by atoms with Gasteiger partial charge >= 0.3 is 0 Å². The van der Waals surface area contributed by atoms with Gasteiger partial charge in [0.1, 0.15) is 0 Å². The molecule has 2 heteroatoms. The number of rotatable bonds is 1. The molecular formula is C12H27NO. The van der Waals surface area contributed by atoms with Crippen LogP contribution in [0, 0.1) is 11.3 Å². The van der Waals surface area contributed by atoms with E-state index in [9.17, 15) is 0 Å². The second kappa shape index (κ2) is 6.41. The zero-order valence-corrected chi connectivity index (χ0v) is 10.5. The van der Waals surface area contributed by atoms with Gasteiger partial charge in [0.15, 0.2) is 0 Å². The maximum atomic E-state index is 9.08. The first-order chi connectivity index (χ1) is 6.77. The van der Waals surface area contributed by atoms with E-state index in [1.807, 2.05) is 27.7 Å². The van der Waals surface area contributed by atoms with E-state index in [1.54, 1.807) is 0 Å². The Hall–Kier alpha value is -0.0800. The smallest absolute Gasteiger partial charge is 0.0502 e. The van der Waals surface area contributed by atoms with E-state index in [2.05, 4.69) is 11.9 Å². The van der Waals surface area contributed by atoms with Crippen molar-refractivity contribution in [3.63, 3.8) is 0 Å². The van der Waals surface area contributed by atoms with Crippen molar-refractivity contribution in [2.45, 2.75) is 40.5 Å². The highest BCUT2D eigenvalue weighted by Crippen LogP contribution is 2.56. The van der Waals surface area contributed by atoms with Crippen LogP contribution in [0.5, 0.6) is 0 Å². The van der Waals surface area contributed by atoms with Crippen LogP contribution >= 0.6 is 0 Å². The SMILES string of the molecule is CC.CC.CN1CCC2CC2(CO)C1. The van der Waals surface area contributed by atoms with Gasteiger partial charge in [-0.3, -0.25) is 0 Å². The second-order valence-corrected chi connectivity index (χ2v) is 3.95. The molecule has 1 saturated carbocycles. The molecule has 1 aliphatic heterocycles. The Bertz CT molecular complexity index is 147. The van der Waals surface area contributed by atoms with Gasteiger partial charge < -0.3 is 10.0 Å². The minimum Gasteiger partial charge on any atom is -0.396 e. The van der Waals surface area contributed by atoms with E-state index in [-0.39, 0.29) is 0 Å². The zero-order chi connectivity index (χ0) is 11.2. The molecule has 0 aromatic rings. The molecule has 14 heavy (non-hydrogen) atoms. The molecule has 0 aromatic heterocycles. The quantitative estimate of drug-likeness (QED) is 0.704. The van der Waals surface area contributed by atoms with E-state index in [1.165, 1.54) is 19.4 Å². The van der Waals surface area contributed by atoms with E-state index < -0.39 is 0 Å². The fourth-order valence-electron chi connectivity index (χ4n) is 2.27. The third-order valence-electron chi connectivity index (χ3n) is 3.12. The largest absolute Gasteiger partial charge is 0.396 e. The summed E-state index contributed by atoms with van der Waals surface area (Å²) in [5.74, 6) is 0.855. The van der Waals surface area contributed by atoms with Gasteiger partial charge in [-0.2, -0.15) is 0 Å². The fraction of sp³-hybridized carbons (Fsp3) is 1.00. The molecule has 2 aliphatic rings. The van der Waals surface area contributed by atoms with Gasteiger partial charge in [-0.1, -0.05) is 27.7 Å². The molecule has 0 spiro atoms. The lowest BCUT2D eigenvalue weighted by molar-refractivity contribution is 0.123. The highest BCUT2D eigenvalue weighted by atomic mass is 16.3. The molecule has 1 N–H and O–H groups in total. The standard InChI is InChI=1S/C8H15NO.2C2H6/c1-9-3-2-7-4-8(7,5-9)6-10;2*1-2/h7,10H,2-6H2,1H3;2*1-2H3. The average molecular weight is 201 g/mol. The minimum absolute atomic E-state index is 0.340. The van der Waals surface area contributed by atoms with E-state index in [0.717, 1.165) is 12.5 Å². The Morgan fingerprint density at radius 2 is 1.86 bits per heavy atom. The molecule has 2 nitrogen and oxygen atoms in total. The maximum absolute atomic E-state index is 9.08. The van der Waals surface area contributed by atoms with Crippen molar-refractivity contribution in [1.82, 2.24) is 4.90 Å². The van der Waals surface area contributed by atoms with E-state index in [0.29, 0.717) is 12.0 Å². The first-order valence-electron chi connectivity index (χ1n) is 6.06. The number of fused-ring (bicyclic) bond motifs is 1. The van der Waals surface area contributed by atoms with Gasteiger partial charge in [-0.15, -0.1) is 0 Å². The van der Waals surface area contributed by atoms with Crippen LogP contribution in [0.15, 0.2) is 0 Å². The summed E-state index contributed by atoms with van der Waals surface area (Å²) in [6.45, 7) is 10.8. The molecule has 2 unspecified atom stereocenters. The third kappa shape index (κ3) is 2.96. The lowest BCUT2D eigenvalue weighted by atomic mass is 9.99. The molecular weight excluding hydrogens is 174 g/mol. The summed E-state index contributed by atoms with van der Waals surface area (Å²) < 4.78 is 0. The van der Waals surface area contributed by atoms with Crippen molar-refractivity contribution in [1.29, 1.82) is 0 Å². The van der Waals surface area contributed by atoms with Gasteiger partial charge in [0.2, 0.25) is 0 Å². The van der Waals surface area contributed by atoms with Crippen LogP contribution < -0.4 is 0 Å². The summed E-state index contributed by atoms with van der Waals surface area (Å²) in [4.78, 5) is 2.33. The van der Waals surface area contributed by atoms with Crippen LogP contribution in [0.1, 0.15) is 40.5 Å². The van der Waals surface area contributed by atoms with Crippen LogP contribution in [-0.4, -0.2) is 36.8 Å². The molecule has 86 valence electrons. The van der Waals surface area contributed by atoms with Gasteiger partial charge in [0.05, 0.1) is 6.61 Å². The van der Waals surface area contributed by atoms with Gasteiger partial charge in [0.25, 0.3) is 0 Å². The van der Waals surface area contributed by atoms with Crippen LogP contribution in [0.4, 0.5) is 0 Å². The third-order valence-corrected chi connectivity index (χ3v) is 3.12. The van der Waals surface area contributed by atoms with E-state index in [4.69, 9.17) is 5.11 Å². The Morgan fingerprint density at radius 1 is 1.29 bits per heavy atom. The average Bonchev–Trinajstić information content (AvgIpc) is 2.98. The summed E-state index contributed by atoms with van der Waals surface area (Å²) in [6.07, 6.45) is 2.57. The van der Waals surface area contributed by atoms with Crippen molar-refractivity contribution in [2.24, 2.45) is 11.3 Å². The van der Waals surface area contributed by atoms with Gasteiger partial charge in [0, 0.05) is 12.0 Å². The molecule has 2 rings (SSSR count). The lowest BCUT2D eigenvalue weighted by Gasteiger charge is -2.28. The molecule has 1 aliphatic carbocycles. The summed E-state index contributed by atoms with van der Waals surface area (Å²) in [5.41, 5.74) is 0.340. The van der Waals surface area contributed by atoms with Crippen molar-refractivity contribution >= 4 is 0 Å². The van der Waals surface area contributed by atoms with Crippen molar-refractivity contribution in [2.75, 3.05) is 26.7 Å². The zero-order valence-electron chi connectivity index (χ0n) is 10.5. The molecule has 1 saturated heterocycles. The highest BCUT2D eigenvalue weighted by molar-refractivity contribution is 5.06. The van der Waals surface area contributed by atoms with Gasteiger partial charge in [-0.25, -0.2) is 0 Å². The molecule has 0 bridgehead atoms. The monoisotopic (exact) mass is 201 g/mol. The number of aliphatic hydroxyl groups is 1. The lowest BCUT2D eigenvalue weighted by Crippen LogP contribution is -2.35. The van der Waals surface area contributed by atoms with Crippen molar-refractivity contribution in [3.8, 4) is 0 Å². The maximum Gasteiger partial charge on any atom is 0.0502 e.